The van der Waals surface area contributed by atoms with E-state index >= 15 is 0 Å². The Kier molecular flexibility index (Phi) is 7.34. The summed E-state index contributed by atoms with van der Waals surface area (Å²) in [6.07, 6.45) is 4.72. The molecule has 1 aromatic carbocycles. The van der Waals surface area contributed by atoms with Gasteiger partial charge in [-0.05, 0) is 38.0 Å². The molecule has 1 rings (SSSR count). The summed E-state index contributed by atoms with van der Waals surface area (Å²) in [6, 6.07) is 6.47. The average molecular weight is 265 g/mol. The molecule has 0 aliphatic heterocycles. The lowest BCUT2D eigenvalue weighted by Crippen LogP contribution is -2.19. The van der Waals surface area contributed by atoms with Crippen molar-refractivity contribution in [3.63, 3.8) is 0 Å². The minimum atomic E-state index is 0.0110. The third-order valence-electron chi connectivity index (χ3n) is 3.18. The minimum Gasteiger partial charge on any atom is -0.494 e. The van der Waals surface area contributed by atoms with Gasteiger partial charge in [0.05, 0.1) is 13.2 Å². The van der Waals surface area contributed by atoms with Gasteiger partial charge in [-0.25, -0.2) is 0 Å². The van der Waals surface area contributed by atoms with Gasteiger partial charge in [0.25, 0.3) is 0 Å². The lowest BCUT2D eigenvalue weighted by molar-refractivity contribution is 0.267. The van der Waals surface area contributed by atoms with Crippen LogP contribution in [-0.4, -0.2) is 17.8 Å². The normalized spacial score (nSPS) is 10.8. The molecule has 19 heavy (non-hydrogen) atoms. The Bertz CT molecular complexity index is 360. The maximum Gasteiger partial charge on any atom is 0.124 e. The summed E-state index contributed by atoms with van der Waals surface area (Å²) in [7, 11) is 0. The SMILES string of the molecule is CCCC(CCC)Nc1ccc(OCC)c(CO)c1. The summed E-state index contributed by atoms with van der Waals surface area (Å²) < 4.78 is 5.50. The smallest absolute Gasteiger partial charge is 0.124 e. The van der Waals surface area contributed by atoms with Gasteiger partial charge in [-0.2, -0.15) is 0 Å². The molecule has 1 aromatic rings. The molecule has 0 bridgehead atoms. The van der Waals surface area contributed by atoms with Crippen molar-refractivity contribution in [2.45, 2.75) is 59.1 Å². The minimum absolute atomic E-state index is 0.0110. The van der Waals surface area contributed by atoms with E-state index in [4.69, 9.17) is 4.74 Å². The number of aliphatic hydroxyl groups is 1. The van der Waals surface area contributed by atoms with Crippen LogP contribution in [0.1, 0.15) is 52.0 Å². The van der Waals surface area contributed by atoms with Gasteiger partial charge in [0.2, 0.25) is 0 Å². The van der Waals surface area contributed by atoms with E-state index in [0.717, 1.165) is 17.0 Å². The Morgan fingerprint density at radius 1 is 1.16 bits per heavy atom. The molecule has 0 amide bonds. The lowest BCUT2D eigenvalue weighted by Gasteiger charge is -2.20. The van der Waals surface area contributed by atoms with E-state index in [2.05, 4.69) is 19.2 Å². The number of anilines is 1. The van der Waals surface area contributed by atoms with Crippen LogP contribution in [0, 0.1) is 0 Å². The predicted molar refractivity (Wildman–Crippen MR) is 80.8 cm³/mol. The molecule has 2 N–H and O–H groups in total. The van der Waals surface area contributed by atoms with Gasteiger partial charge in [-0.15, -0.1) is 0 Å². The van der Waals surface area contributed by atoms with E-state index in [1.54, 1.807) is 0 Å². The molecule has 0 fully saturated rings. The predicted octanol–water partition coefficient (Wildman–Crippen LogP) is 3.96. The zero-order valence-electron chi connectivity index (χ0n) is 12.4. The summed E-state index contributed by atoms with van der Waals surface area (Å²) in [5.74, 6) is 0.776. The topological polar surface area (TPSA) is 41.5 Å². The molecule has 0 spiro atoms. The summed E-state index contributed by atoms with van der Waals surface area (Å²) in [6.45, 7) is 7.00. The number of ether oxygens (including phenoxy) is 1. The van der Waals surface area contributed by atoms with Crippen LogP contribution in [-0.2, 0) is 6.61 Å². The van der Waals surface area contributed by atoms with Gasteiger partial charge >= 0.3 is 0 Å². The van der Waals surface area contributed by atoms with Crippen molar-refractivity contribution in [1.29, 1.82) is 0 Å². The fourth-order valence-corrected chi connectivity index (χ4v) is 2.31. The first-order chi connectivity index (χ1) is 9.24. The Labute approximate surface area is 117 Å². The fraction of sp³-hybridized carbons (Fsp3) is 0.625. The molecular weight excluding hydrogens is 238 g/mol. The second kappa shape index (κ2) is 8.81. The third kappa shape index (κ3) is 5.11. The van der Waals surface area contributed by atoms with Crippen molar-refractivity contribution >= 4 is 5.69 Å². The van der Waals surface area contributed by atoms with Gasteiger partial charge in [0.1, 0.15) is 5.75 Å². The van der Waals surface area contributed by atoms with Gasteiger partial charge in [-0.1, -0.05) is 26.7 Å². The van der Waals surface area contributed by atoms with Crippen LogP contribution in [0.4, 0.5) is 5.69 Å². The van der Waals surface area contributed by atoms with Crippen LogP contribution in [0.2, 0.25) is 0 Å². The molecule has 0 saturated heterocycles. The van der Waals surface area contributed by atoms with Gasteiger partial charge in [0.15, 0.2) is 0 Å². The number of nitrogens with one attached hydrogen (secondary N) is 1. The maximum atomic E-state index is 9.40. The molecule has 0 unspecified atom stereocenters. The standard InChI is InChI=1S/C16H27NO2/c1-4-7-14(8-5-2)17-15-9-10-16(19-6-3)13(11-15)12-18/h9-11,14,17-18H,4-8,12H2,1-3H3. The van der Waals surface area contributed by atoms with E-state index in [-0.39, 0.29) is 6.61 Å². The van der Waals surface area contributed by atoms with E-state index in [1.165, 1.54) is 25.7 Å². The molecule has 108 valence electrons. The number of rotatable bonds is 9. The van der Waals surface area contributed by atoms with Crippen LogP contribution in [0.25, 0.3) is 0 Å². The number of benzene rings is 1. The molecule has 3 heteroatoms. The maximum absolute atomic E-state index is 9.40. The van der Waals surface area contributed by atoms with Gasteiger partial charge in [-0.3, -0.25) is 0 Å². The quantitative estimate of drug-likeness (QED) is 0.710. The molecular formula is C16H27NO2. The van der Waals surface area contributed by atoms with Crippen LogP contribution in [0.5, 0.6) is 5.75 Å². The first-order valence-corrected chi connectivity index (χ1v) is 7.38. The molecule has 0 atom stereocenters. The summed E-state index contributed by atoms with van der Waals surface area (Å²) in [5, 5.41) is 13.0. The molecule has 0 heterocycles. The molecule has 0 radical (unpaired) electrons. The summed E-state index contributed by atoms with van der Waals surface area (Å²) >= 11 is 0. The van der Waals surface area contributed by atoms with Crippen molar-refractivity contribution in [2.75, 3.05) is 11.9 Å². The summed E-state index contributed by atoms with van der Waals surface area (Å²) in [5.41, 5.74) is 1.91. The molecule has 3 nitrogen and oxygen atoms in total. The highest BCUT2D eigenvalue weighted by atomic mass is 16.5. The van der Waals surface area contributed by atoms with E-state index in [1.807, 2.05) is 25.1 Å². The van der Waals surface area contributed by atoms with Crippen molar-refractivity contribution < 1.29 is 9.84 Å². The van der Waals surface area contributed by atoms with Crippen LogP contribution in [0.3, 0.4) is 0 Å². The zero-order chi connectivity index (χ0) is 14.1. The number of aliphatic hydroxyl groups excluding tert-OH is 1. The number of hydrogen-bond donors (Lipinski definition) is 2. The first kappa shape index (κ1) is 15.8. The molecule has 0 aromatic heterocycles. The zero-order valence-corrected chi connectivity index (χ0v) is 12.4. The van der Waals surface area contributed by atoms with Crippen molar-refractivity contribution in [2.24, 2.45) is 0 Å². The lowest BCUT2D eigenvalue weighted by atomic mass is 10.1. The molecule has 0 saturated carbocycles. The first-order valence-electron chi connectivity index (χ1n) is 7.38. The summed E-state index contributed by atoms with van der Waals surface area (Å²) in [4.78, 5) is 0. The van der Waals surface area contributed by atoms with Crippen molar-refractivity contribution in [3.05, 3.63) is 23.8 Å². The Morgan fingerprint density at radius 3 is 2.37 bits per heavy atom. The average Bonchev–Trinajstić information content (AvgIpc) is 2.41. The third-order valence-corrected chi connectivity index (χ3v) is 3.18. The largest absolute Gasteiger partial charge is 0.494 e. The highest BCUT2D eigenvalue weighted by molar-refractivity contribution is 5.51. The fourth-order valence-electron chi connectivity index (χ4n) is 2.31. The van der Waals surface area contributed by atoms with Crippen LogP contribution < -0.4 is 10.1 Å². The highest BCUT2D eigenvalue weighted by Crippen LogP contribution is 2.24. The molecule has 0 aliphatic carbocycles. The van der Waals surface area contributed by atoms with Crippen molar-refractivity contribution in [3.8, 4) is 5.75 Å². The van der Waals surface area contributed by atoms with Crippen molar-refractivity contribution in [1.82, 2.24) is 0 Å². The second-order valence-electron chi connectivity index (χ2n) is 4.83. The van der Waals surface area contributed by atoms with E-state index < -0.39 is 0 Å². The van der Waals surface area contributed by atoms with E-state index in [0.29, 0.717) is 12.6 Å². The van der Waals surface area contributed by atoms with E-state index in [9.17, 15) is 5.11 Å². The Morgan fingerprint density at radius 2 is 1.84 bits per heavy atom. The molecule has 0 aliphatic rings. The highest BCUT2D eigenvalue weighted by Gasteiger charge is 2.09. The Balaban J connectivity index is 2.77. The van der Waals surface area contributed by atoms with Gasteiger partial charge in [0, 0.05) is 17.3 Å². The monoisotopic (exact) mass is 265 g/mol. The van der Waals surface area contributed by atoms with Gasteiger partial charge < -0.3 is 15.2 Å². The number of hydrogen-bond acceptors (Lipinski definition) is 3. The van der Waals surface area contributed by atoms with Crippen LogP contribution in [0.15, 0.2) is 18.2 Å². The Hall–Kier alpha value is -1.22. The second-order valence-corrected chi connectivity index (χ2v) is 4.83. The van der Waals surface area contributed by atoms with Crippen LogP contribution >= 0.6 is 0 Å².